The van der Waals surface area contributed by atoms with E-state index >= 15 is 0 Å². The van der Waals surface area contributed by atoms with Crippen molar-refractivity contribution in [3.8, 4) is 0 Å². The Balaban J connectivity index is 3.62. The van der Waals surface area contributed by atoms with E-state index in [0.717, 1.165) is 0 Å². The summed E-state index contributed by atoms with van der Waals surface area (Å²) >= 11 is 0. The predicted molar refractivity (Wildman–Crippen MR) is 42.0 cm³/mol. The fourth-order valence-electron chi connectivity index (χ4n) is 0.301. The van der Waals surface area contributed by atoms with Gasteiger partial charge in [0.15, 0.2) is 0 Å². The molecule has 0 aliphatic rings. The monoisotopic (exact) mass is 159 g/mol. The van der Waals surface area contributed by atoms with Crippen molar-refractivity contribution < 1.29 is 9.90 Å². The number of rotatable bonds is 3. The summed E-state index contributed by atoms with van der Waals surface area (Å²) in [5.74, 6) is -0.511. The van der Waals surface area contributed by atoms with Crippen LogP contribution in [0.25, 0.3) is 0 Å². The minimum atomic E-state index is -1.02. The zero-order valence-electron chi connectivity index (χ0n) is 6.90. The number of hydrogen-bond donors (Lipinski definition) is 2. The number of hydrazone groups is 1. The van der Waals surface area contributed by atoms with Crippen LogP contribution in [0, 0.1) is 0 Å². The van der Waals surface area contributed by atoms with Crippen LogP contribution in [-0.4, -0.2) is 42.5 Å². The molecule has 1 unspecified atom stereocenters. The van der Waals surface area contributed by atoms with Gasteiger partial charge in [0.1, 0.15) is 12.4 Å². The molecule has 0 spiro atoms. The number of nitrogens with zero attached hydrogens (tertiary/aromatic N) is 2. The summed E-state index contributed by atoms with van der Waals surface area (Å²) in [6, 6.07) is 0. The number of hydrogen-bond acceptors (Lipinski definition) is 3. The van der Waals surface area contributed by atoms with Gasteiger partial charge in [0, 0.05) is 14.1 Å². The van der Waals surface area contributed by atoms with Gasteiger partial charge in [-0.3, -0.25) is 4.79 Å². The van der Waals surface area contributed by atoms with Crippen molar-refractivity contribution >= 4 is 12.2 Å². The molecule has 0 aromatic rings. The van der Waals surface area contributed by atoms with Crippen LogP contribution in [0.4, 0.5) is 0 Å². The summed E-state index contributed by atoms with van der Waals surface area (Å²) in [5, 5.41) is 12.2. The average molecular weight is 159 g/mol. The molecular weight excluding hydrogens is 146 g/mol. The van der Waals surface area contributed by atoms with Gasteiger partial charge in [-0.2, -0.15) is 5.10 Å². The lowest BCUT2D eigenvalue weighted by Gasteiger charge is -2.03. The molecule has 0 aliphatic carbocycles. The third kappa shape index (κ3) is 5.35. The topological polar surface area (TPSA) is 64.9 Å². The predicted octanol–water partition coefficient (Wildman–Crippen LogP) is -1.01. The zero-order valence-corrected chi connectivity index (χ0v) is 6.90. The molecule has 5 heteroatoms. The lowest BCUT2D eigenvalue weighted by molar-refractivity contribution is -0.128. The highest BCUT2D eigenvalue weighted by Crippen LogP contribution is 1.77. The largest absolute Gasteiger partial charge is 0.383 e. The smallest absolute Gasteiger partial charge is 0.268 e. The van der Waals surface area contributed by atoms with Crippen LogP contribution in [0.15, 0.2) is 5.10 Å². The average Bonchev–Trinajstić information content (AvgIpc) is 1.86. The number of carbonyl (C=O) groups excluding carboxylic acids is 1. The van der Waals surface area contributed by atoms with Crippen LogP contribution in [0.3, 0.4) is 0 Å². The highest BCUT2D eigenvalue weighted by molar-refractivity contribution is 5.80. The molecule has 1 amide bonds. The molecule has 0 aromatic heterocycles. The van der Waals surface area contributed by atoms with Crippen molar-refractivity contribution in [2.24, 2.45) is 5.10 Å². The minimum absolute atomic E-state index is 0.511. The molecule has 1 atom stereocenters. The highest BCUT2D eigenvalue weighted by Gasteiger charge is 2.05. The van der Waals surface area contributed by atoms with E-state index in [1.54, 1.807) is 19.0 Å². The summed E-state index contributed by atoms with van der Waals surface area (Å²) in [6.45, 7) is 1.38. The molecule has 0 heterocycles. The van der Waals surface area contributed by atoms with E-state index in [1.165, 1.54) is 13.3 Å². The lowest BCUT2D eigenvalue weighted by Crippen LogP contribution is -2.29. The molecule has 0 fully saturated rings. The highest BCUT2D eigenvalue weighted by atomic mass is 16.3. The van der Waals surface area contributed by atoms with E-state index < -0.39 is 12.0 Å². The number of amides is 1. The Kier molecular flexibility index (Phi) is 4.21. The van der Waals surface area contributed by atoms with Crippen LogP contribution in [-0.2, 0) is 4.79 Å². The first-order valence-electron chi connectivity index (χ1n) is 3.21. The third-order valence-corrected chi connectivity index (χ3v) is 0.843. The standard InChI is InChI=1S/C6H13N3O2/c1-5(10)6(11)8-7-4-9(2)3/h4-5,10H,1-3H3,(H,8,11)/b7-4+. The van der Waals surface area contributed by atoms with Gasteiger partial charge >= 0.3 is 0 Å². The Hall–Kier alpha value is -1.10. The lowest BCUT2D eigenvalue weighted by atomic mass is 10.4. The summed E-state index contributed by atoms with van der Waals surface area (Å²) in [6.07, 6.45) is 0.412. The van der Waals surface area contributed by atoms with E-state index in [9.17, 15) is 4.79 Å². The van der Waals surface area contributed by atoms with Crippen molar-refractivity contribution in [1.29, 1.82) is 0 Å². The van der Waals surface area contributed by atoms with Gasteiger partial charge in [-0.1, -0.05) is 0 Å². The zero-order chi connectivity index (χ0) is 8.85. The first-order chi connectivity index (χ1) is 5.04. The Bertz CT molecular complexity index is 154. The van der Waals surface area contributed by atoms with Crippen LogP contribution in [0.5, 0.6) is 0 Å². The SMILES string of the molecule is CC(O)C(=O)N/N=C/N(C)C. The molecule has 0 aliphatic heterocycles. The number of aliphatic hydroxyl groups is 1. The second kappa shape index (κ2) is 4.68. The molecular formula is C6H13N3O2. The Labute approximate surface area is 65.7 Å². The van der Waals surface area contributed by atoms with Crippen molar-refractivity contribution in [2.45, 2.75) is 13.0 Å². The van der Waals surface area contributed by atoms with Crippen molar-refractivity contribution in [2.75, 3.05) is 14.1 Å². The molecule has 2 N–H and O–H groups in total. The molecule has 64 valence electrons. The Morgan fingerprint density at radius 3 is 2.64 bits per heavy atom. The van der Waals surface area contributed by atoms with E-state index in [-0.39, 0.29) is 0 Å². The molecule has 0 rings (SSSR count). The van der Waals surface area contributed by atoms with Gasteiger partial charge in [0.2, 0.25) is 0 Å². The first-order valence-corrected chi connectivity index (χ1v) is 3.21. The van der Waals surface area contributed by atoms with E-state index in [1.807, 2.05) is 0 Å². The molecule has 0 saturated carbocycles. The number of carbonyl (C=O) groups is 1. The van der Waals surface area contributed by atoms with E-state index in [4.69, 9.17) is 5.11 Å². The van der Waals surface area contributed by atoms with Crippen LogP contribution >= 0.6 is 0 Å². The molecule has 0 radical (unpaired) electrons. The fourth-order valence-corrected chi connectivity index (χ4v) is 0.301. The summed E-state index contributed by atoms with van der Waals surface area (Å²) in [5.41, 5.74) is 2.15. The normalized spacial score (nSPS) is 13.1. The van der Waals surface area contributed by atoms with Gasteiger partial charge in [-0.15, -0.1) is 0 Å². The molecule has 0 bridgehead atoms. The Morgan fingerprint density at radius 1 is 1.73 bits per heavy atom. The van der Waals surface area contributed by atoms with Crippen molar-refractivity contribution in [3.05, 3.63) is 0 Å². The van der Waals surface area contributed by atoms with Gasteiger partial charge in [-0.25, -0.2) is 5.43 Å². The van der Waals surface area contributed by atoms with E-state index in [2.05, 4.69) is 10.5 Å². The number of aliphatic hydroxyl groups excluding tert-OH is 1. The Morgan fingerprint density at radius 2 is 2.27 bits per heavy atom. The maximum Gasteiger partial charge on any atom is 0.268 e. The van der Waals surface area contributed by atoms with Crippen molar-refractivity contribution in [1.82, 2.24) is 10.3 Å². The second-order valence-corrected chi connectivity index (χ2v) is 2.36. The first kappa shape index (κ1) is 9.90. The maximum absolute atomic E-state index is 10.6. The maximum atomic E-state index is 10.6. The quantitative estimate of drug-likeness (QED) is 0.315. The van der Waals surface area contributed by atoms with Crippen LogP contribution in [0.1, 0.15) is 6.92 Å². The van der Waals surface area contributed by atoms with Crippen molar-refractivity contribution in [3.63, 3.8) is 0 Å². The molecule has 11 heavy (non-hydrogen) atoms. The van der Waals surface area contributed by atoms with Gasteiger partial charge in [-0.05, 0) is 6.92 Å². The summed E-state index contributed by atoms with van der Waals surface area (Å²) in [4.78, 5) is 12.3. The van der Waals surface area contributed by atoms with Gasteiger partial charge < -0.3 is 10.0 Å². The second-order valence-electron chi connectivity index (χ2n) is 2.36. The minimum Gasteiger partial charge on any atom is -0.383 e. The van der Waals surface area contributed by atoms with Crippen LogP contribution in [0.2, 0.25) is 0 Å². The number of nitrogens with one attached hydrogen (secondary N) is 1. The van der Waals surface area contributed by atoms with Gasteiger partial charge in [0.25, 0.3) is 5.91 Å². The summed E-state index contributed by atoms with van der Waals surface area (Å²) < 4.78 is 0. The third-order valence-electron chi connectivity index (χ3n) is 0.843. The molecule has 0 saturated heterocycles. The van der Waals surface area contributed by atoms with E-state index in [0.29, 0.717) is 0 Å². The summed E-state index contributed by atoms with van der Waals surface area (Å²) in [7, 11) is 3.55. The van der Waals surface area contributed by atoms with Crippen LogP contribution < -0.4 is 5.43 Å². The van der Waals surface area contributed by atoms with Gasteiger partial charge in [0.05, 0.1) is 0 Å². The fraction of sp³-hybridized carbons (Fsp3) is 0.667. The molecule has 0 aromatic carbocycles. The molecule has 5 nitrogen and oxygen atoms in total.